The molecule has 1 aromatic heterocycles. The van der Waals surface area contributed by atoms with Crippen LogP contribution in [0.4, 0.5) is 0 Å². The highest BCUT2D eigenvalue weighted by Gasteiger charge is 2.19. The second-order valence-corrected chi connectivity index (χ2v) is 6.20. The lowest BCUT2D eigenvalue weighted by atomic mass is 10.3. The second kappa shape index (κ2) is 7.44. The van der Waals surface area contributed by atoms with Crippen LogP contribution in [0.25, 0.3) is 0 Å². The molecule has 1 heterocycles. The van der Waals surface area contributed by atoms with Crippen LogP contribution in [0.2, 0.25) is 0 Å². The summed E-state index contributed by atoms with van der Waals surface area (Å²) in [5, 5.41) is 5.08. The molecule has 7 heteroatoms. The predicted octanol–water partition coefficient (Wildman–Crippen LogP) is 1.89. The molecule has 1 aromatic rings. The molecule has 0 radical (unpaired) electrons. The quantitative estimate of drug-likeness (QED) is 0.586. The van der Waals surface area contributed by atoms with Crippen LogP contribution in [0.3, 0.4) is 0 Å². The number of nitrogens with two attached hydrogens (primary N) is 1. The van der Waals surface area contributed by atoms with E-state index >= 15 is 0 Å². The number of primary sulfonamides is 1. The molecule has 0 amide bonds. The molecule has 0 fully saturated rings. The van der Waals surface area contributed by atoms with Gasteiger partial charge in [-0.3, -0.25) is 0 Å². The number of hydrogen-bond donors (Lipinski definition) is 1. The third-order valence-electron chi connectivity index (χ3n) is 2.85. The maximum atomic E-state index is 12.0. The fourth-order valence-corrected chi connectivity index (χ4v) is 2.38. The number of unbranched alkanes of at least 4 members (excludes halogenated alkanes) is 2. The Bertz CT molecular complexity index is 549. The zero-order chi connectivity index (χ0) is 15.2. The van der Waals surface area contributed by atoms with E-state index in [1.54, 1.807) is 4.57 Å². The Morgan fingerprint density at radius 1 is 1.30 bits per heavy atom. The van der Waals surface area contributed by atoms with Crippen molar-refractivity contribution in [3.8, 4) is 0 Å². The molecule has 2 N–H and O–H groups in total. The summed E-state index contributed by atoms with van der Waals surface area (Å²) in [5.74, 6) is -0.510. The molecule has 114 valence electrons. The van der Waals surface area contributed by atoms with Crippen molar-refractivity contribution >= 4 is 16.0 Å². The summed E-state index contributed by atoms with van der Waals surface area (Å²) >= 11 is 0. The van der Waals surface area contributed by atoms with Gasteiger partial charge in [0.1, 0.15) is 10.6 Å². The Kier molecular flexibility index (Phi) is 6.22. The van der Waals surface area contributed by atoms with Gasteiger partial charge in [-0.05, 0) is 18.9 Å². The van der Waals surface area contributed by atoms with Crippen molar-refractivity contribution in [1.29, 1.82) is 0 Å². The summed E-state index contributed by atoms with van der Waals surface area (Å²) in [6.07, 6.45) is 4.99. The molecule has 0 aliphatic heterocycles. The number of hydrogen-bond acceptors (Lipinski definition) is 4. The molecule has 0 saturated heterocycles. The van der Waals surface area contributed by atoms with Crippen molar-refractivity contribution < 1.29 is 17.9 Å². The Labute approximate surface area is 120 Å². The highest BCUT2D eigenvalue weighted by molar-refractivity contribution is 7.89. The van der Waals surface area contributed by atoms with Crippen LogP contribution in [0.15, 0.2) is 17.2 Å². The number of carbonyl (C=O) groups is 1. The molecule has 1 rings (SSSR count). The minimum absolute atomic E-state index is 0.0635. The van der Waals surface area contributed by atoms with E-state index in [9.17, 15) is 13.2 Å². The minimum atomic E-state index is -3.81. The first kappa shape index (κ1) is 16.7. The maximum absolute atomic E-state index is 12.0. The van der Waals surface area contributed by atoms with E-state index in [0.717, 1.165) is 25.7 Å². The Morgan fingerprint density at radius 2 is 2.00 bits per heavy atom. The van der Waals surface area contributed by atoms with Crippen molar-refractivity contribution in [3.05, 3.63) is 18.0 Å². The third-order valence-corrected chi connectivity index (χ3v) is 3.74. The van der Waals surface area contributed by atoms with Gasteiger partial charge in [0.05, 0.1) is 6.61 Å². The van der Waals surface area contributed by atoms with Crippen molar-refractivity contribution in [2.24, 2.45) is 5.14 Å². The van der Waals surface area contributed by atoms with Crippen LogP contribution in [-0.4, -0.2) is 25.6 Å². The van der Waals surface area contributed by atoms with Crippen molar-refractivity contribution in [1.82, 2.24) is 4.57 Å². The smallest absolute Gasteiger partial charge is 0.354 e. The van der Waals surface area contributed by atoms with E-state index in [-0.39, 0.29) is 10.6 Å². The number of esters is 1. The van der Waals surface area contributed by atoms with E-state index in [1.807, 2.05) is 6.92 Å². The lowest BCUT2D eigenvalue weighted by molar-refractivity contribution is 0.0485. The molecule has 0 aliphatic rings. The monoisotopic (exact) mass is 302 g/mol. The summed E-state index contributed by atoms with van der Waals surface area (Å²) < 4.78 is 29.4. The molecular weight excluding hydrogens is 280 g/mol. The summed E-state index contributed by atoms with van der Waals surface area (Å²) in [6.45, 7) is 4.88. The van der Waals surface area contributed by atoms with Gasteiger partial charge in [0.2, 0.25) is 10.0 Å². The highest BCUT2D eigenvalue weighted by atomic mass is 32.2. The van der Waals surface area contributed by atoms with Gasteiger partial charge in [-0.15, -0.1) is 0 Å². The van der Waals surface area contributed by atoms with Gasteiger partial charge >= 0.3 is 5.97 Å². The number of rotatable bonds is 8. The zero-order valence-electron chi connectivity index (χ0n) is 12.0. The van der Waals surface area contributed by atoms with Gasteiger partial charge < -0.3 is 9.30 Å². The molecule has 0 saturated carbocycles. The topological polar surface area (TPSA) is 91.4 Å². The Hall–Kier alpha value is -1.34. The molecule has 0 bridgehead atoms. The first-order valence-corrected chi connectivity index (χ1v) is 8.34. The Balaban J connectivity index is 2.86. The Morgan fingerprint density at radius 3 is 2.55 bits per heavy atom. The summed E-state index contributed by atoms with van der Waals surface area (Å²) in [7, 11) is -3.81. The molecule has 6 nitrogen and oxygen atoms in total. The predicted molar refractivity (Wildman–Crippen MR) is 75.9 cm³/mol. The summed E-state index contributed by atoms with van der Waals surface area (Å²) in [4.78, 5) is 11.9. The molecule has 0 atom stereocenters. The average molecular weight is 302 g/mol. The minimum Gasteiger partial charge on any atom is -0.461 e. The SMILES string of the molecule is CCCCCOC(=O)c1cc(S(N)(=O)=O)cn1CCC. The van der Waals surface area contributed by atoms with Crippen molar-refractivity contribution in [2.45, 2.75) is 51.0 Å². The van der Waals surface area contributed by atoms with Gasteiger partial charge in [0.15, 0.2) is 0 Å². The van der Waals surface area contributed by atoms with Gasteiger partial charge in [0.25, 0.3) is 0 Å². The number of ether oxygens (including phenoxy) is 1. The normalized spacial score (nSPS) is 11.6. The van der Waals surface area contributed by atoms with Crippen molar-refractivity contribution in [2.75, 3.05) is 6.61 Å². The molecule has 20 heavy (non-hydrogen) atoms. The first-order chi connectivity index (χ1) is 9.40. The molecular formula is C13H22N2O4S. The molecule has 0 aliphatic carbocycles. The average Bonchev–Trinajstić information content (AvgIpc) is 2.79. The van der Waals surface area contributed by atoms with Gasteiger partial charge in [-0.25, -0.2) is 18.4 Å². The highest BCUT2D eigenvalue weighted by Crippen LogP contribution is 2.15. The van der Waals surface area contributed by atoms with Gasteiger partial charge in [-0.2, -0.15) is 0 Å². The maximum Gasteiger partial charge on any atom is 0.354 e. The van der Waals surface area contributed by atoms with Crippen LogP contribution < -0.4 is 5.14 Å². The van der Waals surface area contributed by atoms with E-state index in [2.05, 4.69) is 6.92 Å². The van der Waals surface area contributed by atoms with Crippen molar-refractivity contribution in [3.63, 3.8) is 0 Å². The summed E-state index contributed by atoms with van der Waals surface area (Å²) in [6, 6.07) is 1.27. The van der Waals surface area contributed by atoms with E-state index in [1.165, 1.54) is 12.3 Å². The lowest BCUT2D eigenvalue weighted by Gasteiger charge is -2.07. The van der Waals surface area contributed by atoms with Crippen LogP contribution in [0, 0.1) is 0 Å². The number of sulfonamides is 1. The van der Waals surface area contributed by atoms with Crippen LogP contribution >= 0.6 is 0 Å². The van der Waals surface area contributed by atoms with E-state index < -0.39 is 16.0 Å². The van der Waals surface area contributed by atoms with Crippen LogP contribution in [-0.2, 0) is 21.3 Å². The van der Waals surface area contributed by atoms with E-state index in [0.29, 0.717) is 13.2 Å². The molecule has 0 unspecified atom stereocenters. The largest absolute Gasteiger partial charge is 0.461 e. The standard InChI is InChI=1S/C13H22N2O4S/c1-3-5-6-8-19-13(16)12-9-11(20(14,17)18)10-15(12)7-4-2/h9-10H,3-8H2,1-2H3,(H2,14,17,18). The lowest BCUT2D eigenvalue weighted by Crippen LogP contribution is -2.12. The fourth-order valence-electron chi connectivity index (χ4n) is 1.83. The third kappa shape index (κ3) is 4.64. The van der Waals surface area contributed by atoms with Crippen LogP contribution in [0.1, 0.15) is 50.0 Å². The van der Waals surface area contributed by atoms with Gasteiger partial charge in [-0.1, -0.05) is 26.7 Å². The number of nitrogens with zero attached hydrogens (tertiary/aromatic N) is 1. The number of carbonyl (C=O) groups excluding carboxylic acids is 1. The first-order valence-electron chi connectivity index (χ1n) is 6.80. The number of aryl methyl sites for hydroxylation is 1. The van der Waals surface area contributed by atoms with Gasteiger partial charge in [0, 0.05) is 12.7 Å². The van der Waals surface area contributed by atoms with E-state index in [4.69, 9.17) is 9.88 Å². The molecule has 0 spiro atoms. The second-order valence-electron chi connectivity index (χ2n) is 4.64. The van der Waals surface area contributed by atoms with Crippen LogP contribution in [0.5, 0.6) is 0 Å². The number of aromatic nitrogens is 1. The zero-order valence-corrected chi connectivity index (χ0v) is 12.8. The summed E-state index contributed by atoms with van der Waals surface area (Å²) in [5.41, 5.74) is 0.229. The molecule has 0 aromatic carbocycles. The fraction of sp³-hybridized carbons (Fsp3) is 0.615.